The van der Waals surface area contributed by atoms with Gasteiger partial charge in [-0.05, 0) is 31.5 Å². The van der Waals surface area contributed by atoms with Gasteiger partial charge in [-0.3, -0.25) is 4.98 Å². The standard InChI is InChI=1S/C15H18N2O2/c1-10(12-4-3-7-16-9-12)17-11(2)14-6-5-13(18)8-15(14)19/h3-11,17-19H,1-2H3. The lowest BCUT2D eigenvalue weighted by Gasteiger charge is -2.21. The fourth-order valence-electron chi connectivity index (χ4n) is 2.09. The maximum absolute atomic E-state index is 9.83. The first kappa shape index (κ1) is 13.4. The molecule has 0 radical (unpaired) electrons. The van der Waals surface area contributed by atoms with Crippen LogP contribution < -0.4 is 5.32 Å². The lowest BCUT2D eigenvalue weighted by Crippen LogP contribution is -2.22. The molecule has 1 aromatic heterocycles. The van der Waals surface area contributed by atoms with Crippen molar-refractivity contribution in [2.45, 2.75) is 25.9 Å². The van der Waals surface area contributed by atoms with Crippen LogP contribution in [0.3, 0.4) is 0 Å². The van der Waals surface area contributed by atoms with E-state index < -0.39 is 0 Å². The van der Waals surface area contributed by atoms with Crippen LogP contribution in [-0.2, 0) is 0 Å². The molecule has 2 aromatic rings. The SMILES string of the molecule is CC(NC(C)c1ccc(O)cc1O)c1cccnc1. The van der Waals surface area contributed by atoms with Crippen LogP contribution in [0.4, 0.5) is 0 Å². The zero-order valence-corrected chi connectivity index (χ0v) is 11.0. The Morgan fingerprint density at radius 2 is 1.89 bits per heavy atom. The first-order valence-electron chi connectivity index (χ1n) is 6.26. The number of pyridine rings is 1. The number of nitrogens with one attached hydrogen (secondary N) is 1. The Morgan fingerprint density at radius 3 is 2.53 bits per heavy atom. The number of phenols is 2. The van der Waals surface area contributed by atoms with Crippen molar-refractivity contribution in [1.82, 2.24) is 10.3 Å². The van der Waals surface area contributed by atoms with E-state index in [-0.39, 0.29) is 23.6 Å². The zero-order valence-electron chi connectivity index (χ0n) is 11.0. The molecule has 0 amide bonds. The van der Waals surface area contributed by atoms with E-state index in [9.17, 15) is 10.2 Å². The predicted molar refractivity (Wildman–Crippen MR) is 74.0 cm³/mol. The number of benzene rings is 1. The minimum Gasteiger partial charge on any atom is -0.508 e. The van der Waals surface area contributed by atoms with Crippen molar-refractivity contribution in [2.24, 2.45) is 0 Å². The van der Waals surface area contributed by atoms with Gasteiger partial charge in [0.2, 0.25) is 0 Å². The number of nitrogens with zero attached hydrogens (tertiary/aromatic N) is 1. The average Bonchev–Trinajstić information content (AvgIpc) is 2.39. The minimum atomic E-state index is -0.0317. The number of hydrogen-bond donors (Lipinski definition) is 3. The molecule has 0 saturated heterocycles. The van der Waals surface area contributed by atoms with E-state index in [0.717, 1.165) is 11.1 Å². The van der Waals surface area contributed by atoms with E-state index in [4.69, 9.17) is 0 Å². The number of aromatic hydroxyl groups is 2. The highest BCUT2D eigenvalue weighted by atomic mass is 16.3. The van der Waals surface area contributed by atoms with Crippen LogP contribution in [0.5, 0.6) is 11.5 Å². The zero-order chi connectivity index (χ0) is 13.8. The van der Waals surface area contributed by atoms with Crippen LogP contribution in [-0.4, -0.2) is 15.2 Å². The number of aromatic nitrogens is 1. The van der Waals surface area contributed by atoms with Crippen LogP contribution in [0.25, 0.3) is 0 Å². The van der Waals surface area contributed by atoms with E-state index in [1.807, 2.05) is 32.2 Å². The van der Waals surface area contributed by atoms with Gasteiger partial charge in [-0.1, -0.05) is 12.1 Å². The molecule has 0 aliphatic carbocycles. The summed E-state index contributed by atoms with van der Waals surface area (Å²) >= 11 is 0. The van der Waals surface area contributed by atoms with E-state index >= 15 is 0 Å². The summed E-state index contributed by atoms with van der Waals surface area (Å²) < 4.78 is 0. The van der Waals surface area contributed by atoms with Crippen molar-refractivity contribution in [2.75, 3.05) is 0 Å². The second kappa shape index (κ2) is 5.71. The predicted octanol–water partition coefficient (Wildman–Crippen LogP) is 2.90. The molecule has 0 aliphatic heterocycles. The molecule has 4 nitrogen and oxygen atoms in total. The fourth-order valence-corrected chi connectivity index (χ4v) is 2.09. The minimum absolute atomic E-state index is 0.0317. The van der Waals surface area contributed by atoms with Crippen molar-refractivity contribution >= 4 is 0 Å². The molecule has 4 heteroatoms. The average molecular weight is 258 g/mol. The van der Waals surface area contributed by atoms with E-state index in [1.165, 1.54) is 6.07 Å². The van der Waals surface area contributed by atoms with Crippen molar-refractivity contribution < 1.29 is 10.2 Å². The van der Waals surface area contributed by atoms with Gasteiger partial charge < -0.3 is 15.5 Å². The summed E-state index contributed by atoms with van der Waals surface area (Å²) in [5, 5.41) is 22.5. The van der Waals surface area contributed by atoms with Crippen molar-refractivity contribution in [3.63, 3.8) is 0 Å². The monoisotopic (exact) mass is 258 g/mol. The topological polar surface area (TPSA) is 65.4 Å². The van der Waals surface area contributed by atoms with E-state index in [2.05, 4.69) is 10.3 Å². The summed E-state index contributed by atoms with van der Waals surface area (Å²) in [6.45, 7) is 4.02. The second-order valence-electron chi connectivity index (χ2n) is 4.64. The third-order valence-corrected chi connectivity index (χ3v) is 3.16. The summed E-state index contributed by atoms with van der Waals surface area (Å²) in [4.78, 5) is 4.09. The van der Waals surface area contributed by atoms with Gasteiger partial charge in [-0.15, -0.1) is 0 Å². The molecule has 0 bridgehead atoms. The maximum Gasteiger partial charge on any atom is 0.124 e. The molecule has 0 spiro atoms. The van der Waals surface area contributed by atoms with Gasteiger partial charge >= 0.3 is 0 Å². The van der Waals surface area contributed by atoms with Crippen LogP contribution in [0.1, 0.15) is 37.1 Å². The Balaban J connectivity index is 2.10. The van der Waals surface area contributed by atoms with Crippen LogP contribution in [0.15, 0.2) is 42.7 Å². The molecule has 2 unspecified atom stereocenters. The molecular weight excluding hydrogens is 240 g/mol. The summed E-state index contributed by atoms with van der Waals surface area (Å²) in [5.74, 6) is 0.159. The summed E-state index contributed by atoms with van der Waals surface area (Å²) in [6.07, 6.45) is 3.56. The smallest absolute Gasteiger partial charge is 0.124 e. The van der Waals surface area contributed by atoms with Crippen molar-refractivity contribution in [3.05, 3.63) is 53.9 Å². The Bertz CT molecular complexity index is 543. The Kier molecular flexibility index (Phi) is 4.02. The van der Waals surface area contributed by atoms with Gasteiger partial charge in [0.05, 0.1) is 0 Å². The lowest BCUT2D eigenvalue weighted by atomic mass is 10.0. The first-order valence-corrected chi connectivity index (χ1v) is 6.26. The number of phenolic OH excluding ortho intramolecular Hbond substituents is 2. The third-order valence-electron chi connectivity index (χ3n) is 3.16. The Labute approximate surface area is 112 Å². The number of rotatable bonds is 4. The molecule has 0 aliphatic rings. The number of hydrogen-bond acceptors (Lipinski definition) is 4. The molecule has 1 aromatic carbocycles. The normalized spacial score (nSPS) is 14.0. The molecule has 3 N–H and O–H groups in total. The Hall–Kier alpha value is -2.07. The van der Waals surface area contributed by atoms with Gasteiger partial charge in [0.1, 0.15) is 11.5 Å². The van der Waals surface area contributed by atoms with Crippen molar-refractivity contribution in [3.8, 4) is 11.5 Å². The van der Waals surface area contributed by atoms with Gasteiger partial charge in [-0.2, -0.15) is 0 Å². The lowest BCUT2D eigenvalue weighted by molar-refractivity contribution is 0.427. The second-order valence-corrected chi connectivity index (χ2v) is 4.64. The molecular formula is C15H18N2O2. The molecule has 2 rings (SSSR count). The van der Waals surface area contributed by atoms with Crippen LogP contribution >= 0.6 is 0 Å². The first-order chi connectivity index (χ1) is 9.08. The molecule has 19 heavy (non-hydrogen) atoms. The van der Waals surface area contributed by atoms with Gasteiger partial charge in [0.15, 0.2) is 0 Å². The Morgan fingerprint density at radius 1 is 1.11 bits per heavy atom. The fraction of sp³-hybridized carbons (Fsp3) is 0.267. The molecule has 100 valence electrons. The van der Waals surface area contributed by atoms with E-state index in [1.54, 1.807) is 18.3 Å². The van der Waals surface area contributed by atoms with Gasteiger partial charge in [0.25, 0.3) is 0 Å². The van der Waals surface area contributed by atoms with E-state index in [0.29, 0.717) is 0 Å². The largest absolute Gasteiger partial charge is 0.508 e. The molecule has 0 saturated carbocycles. The quantitative estimate of drug-likeness (QED) is 0.789. The van der Waals surface area contributed by atoms with Crippen molar-refractivity contribution in [1.29, 1.82) is 0 Å². The summed E-state index contributed by atoms with van der Waals surface area (Å²) in [7, 11) is 0. The molecule has 1 heterocycles. The highest BCUT2D eigenvalue weighted by Gasteiger charge is 2.14. The summed E-state index contributed by atoms with van der Waals surface area (Å²) in [5.41, 5.74) is 1.85. The highest BCUT2D eigenvalue weighted by molar-refractivity contribution is 5.40. The molecule has 0 fully saturated rings. The van der Waals surface area contributed by atoms with Crippen LogP contribution in [0.2, 0.25) is 0 Å². The molecule has 2 atom stereocenters. The van der Waals surface area contributed by atoms with Crippen LogP contribution in [0, 0.1) is 0 Å². The van der Waals surface area contributed by atoms with Gasteiger partial charge in [0, 0.05) is 36.1 Å². The van der Waals surface area contributed by atoms with Gasteiger partial charge in [-0.25, -0.2) is 0 Å². The third kappa shape index (κ3) is 3.23. The summed E-state index contributed by atoms with van der Waals surface area (Å²) in [6, 6.07) is 8.64. The highest BCUT2D eigenvalue weighted by Crippen LogP contribution is 2.29. The maximum atomic E-state index is 9.83.